The second kappa shape index (κ2) is 5.62. The molecule has 0 fully saturated rings. The van der Waals surface area contributed by atoms with Crippen LogP contribution in [0.1, 0.15) is 46.5 Å². The molecule has 1 rings (SSSR count). The number of nitrogens with zero attached hydrogens (tertiary/aromatic N) is 1. The van der Waals surface area contributed by atoms with E-state index in [1.165, 1.54) is 37.9 Å². The van der Waals surface area contributed by atoms with Gasteiger partial charge in [-0.15, -0.1) is 0 Å². The molecule has 0 aliphatic carbocycles. The van der Waals surface area contributed by atoms with Crippen LogP contribution in [-0.4, -0.2) is 26.3 Å². The summed E-state index contributed by atoms with van der Waals surface area (Å²) in [4.78, 5) is 2.41. The van der Waals surface area contributed by atoms with E-state index in [-0.39, 0.29) is 0 Å². The van der Waals surface area contributed by atoms with Crippen LogP contribution in [0.25, 0.3) is 0 Å². The van der Waals surface area contributed by atoms with Crippen LogP contribution >= 0.6 is 0 Å². The Morgan fingerprint density at radius 2 is 2.07 bits per heavy atom. The zero-order valence-corrected chi connectivity index (χ0v) is 11.1. The van der Waals surface area contributed by atoms with Crippen LogP contribution in [0.2, 0.25) is 5.82 Å². The quantitative estimate of drug-likeness (QED) is 0.495. The first-order valence-corrected chi connectivity index (χ1v) is 6.41. The van der Waals surface area contributed by atoms with E-state index in [2.05, 4.69) is 40.6 Å². The Bertz CT molecular complexity index is 233. The summed E-state index contributed by atoms with van der Waals surface area (Å²) >= 11 is 0. The largest absolute Gasteiger partial charge is 0.378 e. The van der Waals surface area contributed by atoms with Gasteiger partial charge in [0.2, 0.25) is 0 Å². The molecule has 86 valence electrons. The second-order valence-corrected chi connectivity index (χ2v) is 5.52. The van der Waals surface area contributed by atoms with Gasteiger partial charge in [-0.05, 0) is 31.8 Å². The van der Waals surface area contributed by atoms with Crippen LogP contribution in [0.5, 0.6) is 0 Å². The molecule has 0 saturated heterocycles. The van der Waals surface area contributed by atoms with Crippen molar-refractivity contribution >= 4 is 7.85 Å². The summed E-state index contributed by atoms with van der Waals surface area (Å²) in [6, 6.07) is 0. The fourth-order valence-corrected chi connectivity index (χ4v) is 2.45. The Balaban J connectivity index is 2.24. The van der Waals surface area contributed by atoms with Crippen molar-refractivity contribution in [3.63, 3.8) is 0 Å². The highest BCUT2D eigenvalue weighted by molar-refractivity contribution is 6.11. The van der Waals surface area contributed by atoms with Crippen molar-refractivity contribution in [3.8, 4) is 0 Å². The molecular weight excluding hydrogens is 181 g/mol. The van der Waals surface area contributed by atoms with Crippen LogP contribution in [0.4, 0.5) is 0 Å². The average Bonchev–Trinajstić information content (AvgIpc) is 2.41. The van der Waals surface area contributed by atoms with Gasteiger partial charge in [0.15, 0.2) is 0 Å². The first kappa shape index (κ1) is 12.7. The van der Waals surface area contributed by atoms with Crippen molar-refractivity contribution in [1.82, 2.24) is 4.90 Å². The Morgan fingerprint density at radius 1 is 1.40 bits per heavy atom. The van der Waals surface area contributed by atoms with Crippen LogP contribution in [0.15, 0.2) is 11.3 Å². The van der Waals surface area contributed by atoms with Gasteiger partial charge in [0.05, 0.1) is 0 Å². The minimum Gasteiger partial charge on any atom is -0.378 e. The van der Waals surface area contributed by atoms with E-state index >= 15 is 0 Å². The standard InChI is InChI=1S/C13H26BN/c1-10(14)7-5-6-8-13-9-15(4)12(3)11(13)2/h10,13H,5-9,14H2,1-4H3. The summed E-state index contributed by atoms with van der Waals surface area (Å²) in [5.74, 6) is 1.71. The Labute approximate surface area is 96.3 Å². The van der Waals surface area contributed by atoms with Crippen LogP contribution in [0, 0.1) is 5.92 Å². The predicted molar refractivity (Wildman–Crippen MR) is 70.9 cm³/mol. The molecule has 15 heavy (non-hydrogen) atoms. The maximum absolute atomic E-state index is 2.41. The molecule has 1 nitrogen and oxygen atoms in total. The van der Waals surface area contributed by atoms with E-state index < -0.39 is 0 Å². The minimum absolute atomic E-state index is 0.835. The van der Waals surface area contributed by atoms with Gasteiger partial charge in [-0.2, -0.15) is 0 Å². The molecule has 1 heterocycles. The summed E-state index contributed by atoms with van der Waals surface area (Å²) in [7, 11) is 4.53. The van der Waals surface area contributed by atoms with Crippen molar-refractivity contribution in [2.45, 2.75) is 52.3 Å². The van der Waals surface area contributed by atoms with Crippen LogP contribution < -0.4 is 0 Å². The summed E-state index contributed by atoms with van der Waals surface area (Å²) in [5.41, 5.74) is 3.13. The normalized spacial score (nSPS) is 23.7. The maximum atomic E-state index is 2.41. The van der Waals surface area contributed by atoms with Gasteiger partial charge in [-0.1, -0.05) is 32.0 Å². The molecule has 0 saturated carbocycles. The third kappa shape index (κ3) is 3.59. The zero-order chi connectivity index (χ0) is 11.4. The molecule has 0 aromatic carbocycles. The minimum atomic E-state index is 0.835. The first-order chi connectivity index (χ1) is 7.02. The van der Waals surface area contributed by atoms with E-state index in [1.807, 2.05) is 0 Å². The zero-order valence-electron chi connectivity index (χ0n) is 11.1. The Hall–Kier alpha value is -0.395. The highest BCUT2D eigenvalue weighted by Gasteiger charge is 2.22. The van der Waals surface area contributed by atoms with Crippen LogP contribution in [0.3, 0.4) is 0 Å². The molecule has 0 radical (unpaired) electrons. The third-order valence-electron chi connectivity index (χ3n) is 3.83. The molecule has 0 amide bonds. The van der Waals surface area contributed by atoms with E-state index in [0.717, 1.165) is 11.7 Å². The van der Waals surface area contributed by atoms with Gasteiger partial charge in [0, 0.05) is 19.3 Å². The summed E-state index contributed by atoms with van der Waals surface area (Å²) < 4.78 is 0. The lowest BCUT2D eigenvalue weighted by atomic mass is 9.84. The fraction of sp³-hybridized carbons (Fsp3) is 0.846. The monoisotopic (exact) mass is 207 g/mol. The second-order valence-electron chi connectivity index (χ2n) is 5.52. The predicted octanol–water partition coefficient (Wildman–Crippen LogP) is 2.84. The van der Waals surface area contributed by atoms with Gasteiger partial charge < -0.3 is 4.90 Å². The van der Waals surface area contributed by atoms with Crippen LogP contribution in [-0.2, 0) is 0 Å². The number of rotatable bonds is 5. The molecule has 0 aromatic rings. The molecule has 0 aromatic heterocycles. The average molecular weight is 207 g/mol. The maximum Gasteiger partial charge on any atom is 0.105 e. The van der Waals surface area contributed by atoms with Crippen molar-refractivity contribution in [2.75, 3.05) is 13.6 Å². The number of unbranched alkanes of at least 4 members (excludes halogenated alkanes) is 1. The fourth-order valence-electron chi connectivity index (χ4n) is 2.45. The first-order valence-electron chi connectivity index (χ1n) is 6.41. The summed E-state index contributed by atoms with van der Waals surface area (Å²) in [5, 5.41) is 0. The Morgan fingerprint density at radius 3 is 2.53 bits per heavy atom. The molecular formula is C13H26BN. The lowest BCUT2D eigenvalue weighted by Gasteiger charge is -2.14. The third-order valence-corrected chi connectivity index (χ3v) is 3.83. The van der Waals surface area contributed by atoms with Gasteiger partial charge in [0.25, 0.3) is 0 Å². The molecule has 0 bridgehead atoms. The summed E-state index contributed by atoms with van der Waals surface area (Å²) in [6.07, 6.45) is 5.59. The topological polar surface area (TPSA) is 3.24 Å². The smallest absolute Gasteiger partial charge is 0.105 e. The van der Waals surface area contributed by atoms with E-state index in [4.69, 9.17) is 0 Å². The van der Waals surface area contributed by atoms with Crippen molar-refractivity contribution < 1.29 is 0 Å². The highest BCUT2D eigenvalue weighted by atomic mass is 15.1. The van der Waals surface area contributed by atoms with Gasteiger partial charge in [-0.3, -0.25) is 0 Å². The molecule has 1 aliphatic rings. The molecule has 2 heteroatoms. The Kier molecular flexibility index (Phi) is 4.75. The lowest BCUT2D eigenvalue weighted by molar-refractivity contribution is 0.391. The lowest BCUT2D eigenvalue weighted by Crippen LogP contribution is -2.15. The molecule has 0 N–H and O–H groups in total. The van der Waals surface area contributed by atoms with E-state index in [9.17, 15) is 0 Å². The molecule has 0 spiro atoms. The number of allylic oxidation sites excluding steroid dienone is 1. The molecule has 1 aliphatic heterocycles. The molecule has 2 atom stereocenters. The van der Waals surface area contributed by atoms with Crippen molar-refractivity contribution in [3.05, 3.63) is 11.3 Å². The van der Waals surface area contributed by atoms with Crippen molar-refractivity contribution in [1.29, 1.82) is 0 Å². The molecule has 2 unspecified atom stereocenters. The van der Waals surface area contributed by atoms with E-state index in [0.29, 0.717) is 0 Å². The van der Waals surface area contributed by atoms with Gasteiger partial charge in [0.1, 0.15) is 7.85 Å². The van der Waals surface area contributed by atoms with Crippen molar-refractivity contribution in [2.24, 2.45) is 5.92 Å². The van der Waals surface area contributed by atoms with E-state index in [1.54, 1.807) is 5.57 Å². The number of hydrogen-bond acceptors (Lipinski definition) is 1. The summed E-state index contributed by atoms with van der Waals surface area (Å²) in [6.45, 7) is 8.13. The highest BCUT2D eigenvalue weighted by Crippen LogP contribution is 2.30. The number of hydrogen-bond donors (Lipinski definition) is 0. The van der Waals surface area contributed by atoms with Gasteiger partial charge >= 0.3 is 0 Å². The SMILES string of the molecule is BC(C)CCCCC1CN(C)C(C)=C1C. The van der Waals surface area contributed by atoms with Gasteiger partial charge in [-0.25, -0.2) is 0 Å².